The van der Waals surface area contributed by atoms with E-state index in [1.165, 1.54) is 4.90 Å². The van der Waals surface area contributed by atoms with Crippen molar-refractivity contribution in [3.63, 3.8) is 0 Å². The Balaban J connectivity index is 2.23. The molecule has 1 atom stereocenters. The maximum atomic E-state index is 12.5. The van der Waals surface area contributed by atoms with Gasteiger partial charge in [0.2, 0.25) is 0 Å². The van der Waals surface area contributed by atoms with Crippen molar-refractivity contribution in [3.05, 3.63) is 33.3 Å². The fourth-order valence-corrected chi connectivity index (χ4v) is 2.62. The summed E-state index contributed by atoms with van der Waals surface area (Å²) in [5.74, 6) is -1.18. The van der Waals surface area contributed by atoms with Crippen LogP contribution in [0, 0.1) is 13.8 Å². The molecule has 1 aromatic rings. The molecule has 0 aliphatic carbocycles. The molecule has 0 radical (unpaired) electrons. The number of carboxylic acids is 1. The van der Waals surface area contributed by atoms with Crippen LogP contribution in [0.25, 0.3) is 0 Å². The molecule has 1 aromatic carbocycles. The molecule has 1 aliphatic rings. The van der Waals surface area contributed by atoms with Crippen LogP contribution >= 0.6 is 15.9 Å². The molecule has 0 aromatic heterocycles. The third kappa shape index (κ3) is 3.02. The van der Waals surface area contributed by atoms with Gasteiger partial charge in [-0.1, -0.05) is 15.9 Å². The Kier molecular flexibility index (Phi) is 4.45. The summed E-state index contributed by atoms with van der Waals surface area (Å²) in [6, 6.07) is 3.73. The highest BCUT2D eigenvalue weighted by Crippen LogP contribution is 2.22. The number of hydrogen-bond acceptors (Lipinski definition) is 3. The standard InChI is InChI=1S/C14H16BrNO4/c1-8-6-11(15)9(2)5-10(8)13(17)16-3-4-20-12(7-16)14(18)19/h5-6,12H,3-4,7H2,1-2H3,(H,18,19). The van der Waals surface area contributed by atoms with Gasteiger partial charge >= 0.3 is 5.97 Å². The summed E-state index contributed by atoms with van der Waals surface area (Å²) in [7, 11) is 0. The van der Waals surface area contributed by atoms with Crippen molar-refractivity contribution >= 4 is 27.8 Å². The van der Waals surface area contributed by atoms with Crippen molar-refractivity contribution in [3.8, 4) is 0 Å². The second-order valence-electron chi connectivity index (χ2n) is 4.87. The van der Waals surface area contributed by atoms with Gasteiger partial charge in [-0.15, -0.1) is 0 Å². The van der Waals surface area contributed by atoms with E-state index in [0.29, 0.717) is 12.1 Å². The summed E-state index contributed by atoms with van der Waals surface area (Å²) >= 11 is 3.43. The SMILES string of the molecule is Cc1cc(C(=O)N2CCOC(C(=O)O)C2)c(C)cc1Br. The molecular formula is C14H16BrNO4. The fraction of sp³-hybridized carbons (Fsp3) is 0.429. The van der Waals surface area contributed by atoms with Gasteiger partial charge in [-0.25, -0.2) is 4.79 Å². The van der Waals surface area contributed by atoms with Crippen molar-refractivity contribution in [1.29, 1.82) is 0 Å². The number of halogens is 1. The van der Waals surface area contributed by atoms with Crippen LogP contribution in [0.2, 0.25) is 0 Å². The minimum atomic E-state index is -1.04. The molecule has 2 rings (SSSR count). The smallest absolute Gasteiger partial charge is 0.334 e. The molecule has 1 unspecified atom stereocenters. The average Bonchev–Trinajstić information content (AvgIpc) is 2.42. The molecule has 1 heterocycles. The second-order valence-corrected chi connectivity index (χ2v) is 5.72. The van der Waals surface area contributed by atoms with Gasteiger partial charge in [-0.3, -0.25) is 4.79 Å². The summed E-state index contributed by atoms with van der Waals surface area (Å²) < 4.78 is 6.08. The van der Waals surface area contributed by atoms with Crippen LogP contribution in [0.4, 0.5) is 0 Å². The Hall–Kier alpha value is -1.40. The van der Waals surface area contributed by atoms with E-state index >= 15 is 0 Å². The van der Waals surface area contributed by atoms with E-state index in [-0.39, 0.29) is 19.1 Å². The van der Waals surface area contributed by atoms with Gasteiger partial charge in [-0.05, 0) is 37.1 Å². The van der Waals surface area contributed by atoms with Gasteiger partial charge in [0.15, 0.2) is 6.10 Å². The molecule has 0 bridgehead atoms. The Morgan fingerprint density at radius 1 is 1.35 bits per heavy atom. The maximum absolute atomic E-state index is 12.5. The monoisotopic (exact) mass is 341 g/mol. The lowest BCUT2D eigenvalue weighted by Gasteiger charge is -2.31. The first-order valence-electron chi connectivity index (χ1n) is 6.30. The first-order valence-corrected chi connectivity index (χ1v) is 7.10. The number of ether oxygens (including phenoxy) is 1. The normalized spacial score (nSPS) is 18.9. The molecular weight excluding hydrogens is 326 g/mol. The van der Waals surface area contributed by atoms with Crippen LogP contribution in [0.5, 0.6) is 0 Å². The number of aryl methyl sites for hydroxylation is 2. The van der Waals surface area contributed by atoms with Crippen LogP contribution in [-0.2, 0) is 9.53 Å². The fourth-order valence-electron chi connectivity index (χ4n) is 2.16. The minimum Gasteiger partial charge on any atom is -0.479 e. The molecule has 5 nitrogen and oxygen atoms in total. The van der Waals surface area contributed by atoms with E-state index in [9.17, 15) is 9.59 Å². The number of carbonyl (C=O) groups excluding carboxylic acids is 1. The summed E-state index contributed by atoms with van der Waals surface area (Å²) in [6.45, 7) is 4.53. The first-order chi connectivity index (χ1) is 9.40. The molecule has 1 saturated heterocycles. The van der Waals surface area contributed by atoms with Gasteiger partial charge in [0.1, 0.15) is 0 Å². The lowest BCUT2D eigenvalue weighted by atomic mass is 10.0. The zero-order valence-corrected chi connectivity index (χ0v) is 12.9. The molecule has 0 spiro atoms. The molecule has 20 heavy (non-hydrogen) atoms. The lowest BCUT2D eigenvalue weighted by Crippen LogP contribution is -2.48. The van der Waals surface area contributed by atoms with E-state index in [2.05, 4.69) is 15.9 Å². The molecule has 1 aliphatic heterocycles. The number of benzene rings is 1. The highest BCUT2D eigenvalue weighted by molar-refractivity contribution is 9.10. The van der Waals surface area contributed by atoms with Crippen molar-refractivity contribution in [2.24, 2.45) is 0 Å². The number of aliphatic carboxylic acids is 1. The molecule has 6 heteroatoms. The van der Waals surface area contributed by atoms with Gasteiger partial charge in [-0.2, -0.15) is 0 Å². The molecule has 108 valence electrons. The van der Waals surface area contributed by atoms with E-state index in [4.69, 9.17) is 9.84 Å². The van der Waals surface area contributed by atoms with Gasteiger partial charge in [0.25, 0.3) is 5.91 Å². The van der Waals surface area contributed by atoms with Crippen LogP contribution in [0.3, 0.4) is 0 Å². The molecule has 1 amide bonds. The topological polar surface area (TPSA) is 66.8 Å². The number of carbonyl (C=O) groups is 2. The largest absolute Gasteiger partial charge is 0.479 e. The summed E-state index contributed by atoms with van der Waals surface area (Å²) in [6.07, 6.45) is -0.940. The average molecular weight is 342 g/mol. The third-order valence-corrected chi connectivity index (χ3v) is 4.22. The van der Waals surface area contributed by atoms with Crippen molar-refractivity contribution in [1.82, 2.24) is 4.90 Å². The minimum absolute atomic E-state index is 0.0860. The Bertz CT molecular complexity index is 558. The summed E-state index contributed by atoms with van der Waals surface area (Å²) in [5.41, 5.74) is 2.45. The van der Waals surface area contributed by atoms with Crippen LogP contribution in [0.1, 0.15) is 21.5 Å². The number of amides is 1. The summed E-state index contributed by atoms with van der Waals surface area (Å²) in [4.78, 5) is 25.0. The maximum Gasteiger partial charge on any atom is 0.334 e. The number of carboxylic acid groups (broad SMARTS) is 1. The number of rotatable bonds is 2. The van der Waals surface area contributed by atoms with E-state index in [1.54, 1.807) is 0 Å². The predicted molar refractivity (Wildman–Crippen MR) is 76.9 cm³/mol. The predicted octanol–water partition coefficient (Wildman–Crippen LogP) is 1.99. The Morgan fingerprint density at radius 3 is 2.70 bits per heavy atom. The van der Waals surface area contributed by atoms with Crippen LogP contribution < -0.4 is 0 Å². The Morgan fingerprint density at radius 2 is 2.05 bits per heavy atom. The van der Waals surface area contributed by atoms with Crippen LogP contribution in [-0.4, -0.2) is 47.7 Å². The number of morpholine rings is 1. The number of hydrogen-bond donors (Lipinski definition) is 1. The second kappa shape index (κ2) is 5.93. The van der Waals surface area contributed by atoms with Gasteiger partial charge in [0.05, 0.1) is 13.2 Å². The zero-order chi connectivity index (χ0) is 14.9. The summed E-state index contributed by atoms with van der Waals surface area (Å²) in [5, 5.41) is 8.97. The van der Waals surface area contributed by atoms with Gasteiger partial charge in [0, 0.05) is 16.6 Å². The molecule has 1 N–H and O–H groups in total. The Labute approximate surface area is 125 Å². The first kappa shape index (κ1) is 15.0. The molecule has 1 fully saturated rings. The zero-order valence-electron chi connectivity index (χ0n) is 11.4. The highest BCUT2D eigenvalue weighted by Gasteiger charge is 2.30. The molecule has 0 saturated carbocycles. The lowest BCUT2D eigenvalue weighted by molar-refractivity contribution is -0.154. The van der Waals surface area contributed by atoms with E-state index in [0.717, 1.165) is 15.6 Å². The van der Waals surface area contributed by atoms with E-state index < -0.39 is 12.1 Å². The highest BCUT2D eigenvalue weighted by atomic mass is 79.9. The van der Waals surface area contributed by atoms with Crippen molar-refractivity contribution in [2.45, 2.75) is 20.0 Å². The van der Waals surface area contributed by atoms with Crippen LogP contribution in [0.15, 0.2) is 16.6 Å². The van der Waals surface area contributed by atoms with E-state index in [1.807, 2.05) is 26.0 Å². The quantitative estimate of drug-likeness (QED) is 0.893. The van der Waals surface area contributed by atoms with Crippen molar-refractivity contribution in [2.75, 3.05) is 19.7 Å². The number of nitrogens with zero attached hydrogens (tertiary/aromatic N) is 1. The third-order valence-electron chi connectivity index (χ3n) is 3.37. The van der Waals surface area contributed by atoms with Crippen molar-refractivity contribution < 1.29 is 19.4 Å². The van der Waals surface area contributed by atoms with Gasteiger partial charge < -0.3 is 14.7 Å².